The summed E-state index contributed by atoms with van der Waals surface area (Å²) in [5, 5.41) is 9.43. The first-order chi connectivity index (χ1) is 6.69. The van der Waals surface area contributed by atoms with E-state index >= 15 is 0 Å². The second kappa shape index (κ2) is 3.25. The van der Waals surface area contributed by atoms with Crippen LogP contribution in [0.25, 0.3) is 0 Å². The van der Waals surface area contributed by atoms with E-state index < -0.39 is 5.41 Å². The van der Waals surface area contributed by atoms with Crippen LogP contribution >= 0.6 is 11.6 Å². The van der Waals surface area contributed by atoms with Crippen molar-refractivity contribution in [2.45, 2.75) is 24.7 Å². The molecule has 0 aromatic heterocycles. The largest absolute Gasteiger partial charge is 0.207 e. The molecule has 3 heteroatoms. The lowest BCUT2D eigenvalue weighted by Gasteiger charge is -2.36. The summed E-state index contributed by atoms with van der Waals surface area (Å²) in [5.74, 6) is -0.362. The maximum absolute atomic E-state index is 13.5. The lowest BCUT2D eigenvalue weighted by molar-refractivity contribution is 0.313. The van der Waals surface area contributed by atoms with Crippen molar-refractivity contribution in [2.75, 3.05) is 0 Å². The van der Waals surface area contributed by atoms with E-state index in [0.717, 1.165) is 6.42 Å². The highest BCUT2D eigenvalue weighted by Crippen LogP contribution is 2.46. The average molecular weight is 210 g/mol. The number of benzene rings is 1. The topological polar surface area (TPSA) is 23.8 Å². The molecule has 0 radical (unpaired) electrons. The molecule has 14 heavy (non-hydrogen) atoms. The SMILES string of the molecule is N#CC1(c2c(F)cccc2Cl)CCC1. The highest BCUT2D eigenvalue weighted by Gasteiger charge is 2.42. The Morgan fingerprint density at radius 2 is 2.14 bits per heavy atom. The fraction of sp³-hybridized carbons (Fsp3) is 0.364. The van der Waals surface area contributed by atoms with Crippen LogP contribution in [0, 0.1) is 17.1 Å². The van der Waals surface area contributed by atoms with Gasteiger partial charge in [-0.2, -0.15) is 5.26 Å². The van der Waals surface area contributed by atoms with Crippen LogP contribution in [-0.2, 0) is 5.41 Å². The van der Waals surface area contributed by atoms with E-state index in [1.165, 1.54) is 6.07 Å². The number of nitrogens with zero attached hydrogens (tertiary/aromatic N) is 1. The van der Waals surface area contributed by atoms with Gasteiger partial charge >= 0.3 is 0 Å². The van der Waals surface area contributed by atoms with Crippen LogP contribution in [0.2, 0.25) is 5.02 Å². The minimum Gasteiger partial charge on any atom is -0.207 e. The lowest BCUT2D eigenvalue weighted by Crippen LogP contribution is -2.33. The normalized spacial score (nSPS) is 18.4. The summed E-state index contributed by atoms with van der Waals surface area (Å²) < 4.78 is 13.5. The van der Waals surface area contributed by atoms with Crippen LogP contribution in [0.4, 0.5) is 4.39 Å². The van der Waals surface area contributed by atoms with E-state index in [1.54, 1.807) is 12.1 Å². The zero-order chi connectivity index (χ0) is 10.2. The van der Waals surface area contributed by atoms with E-state index in [0.29, 0.717) is 23.4 Å². The Labute approximate surface area is 87.1 Å². The number of halogens is 2. The number of hydrogen-bond acceptors (Lipinski definition) is 1. The van der Waals surface area contributed by atoms with Gasteiger partial charge in [0.1, 0.15) is 5.82 Å². The third kappa shape index (κ3) is 1.20. The molecule has 0 aliphatic heterocycles. The molecule has 0 saturated heterocycles. The van der Waals surface area contributed by atoms with Crippen molar-refractivity contribution in [3.8, 4) is 6.07 Å². The molecule has 0 heterocycles. The Morgan fingerprint density at radius 3 is 2.57 bits per heavy atom. The maximum atomic E-state index is 13.5. The molecule has 1 saturated carbocycles. The molecule has 2 rings (SSSR count). The summed E-state index contributed by atoms with van der Waals surface area (Å²) in [6.07, 6.45) is 2.40. The van der Waals surface area contributed by atoms with E-state index in [9.17, 15) is 4.39 Å². The molecule has 1 nitrogen and oxygen atoms in total. The van der Waals surface area contributed by atoms with Gasteiger partial charge in [-0.05, 0) is 31.4 Å². The van der Waals surface area contributed by atoms with Crippen LogP contribution in [0.15, 0.2) is 18.2 Å². The van der Waals surface area contributed by atoms with Crippen LogP contribution < -0.4 is 0 Å². The predicted molar refractivity (Wildman–Crippen MR) is 52.6 cm³/mol. The molecular weight excluding hydrogens is 201 g/mol. The summed E-state index contributed by atoms with van der Waals surface area (Å²) in [5.41, 5.74) is -0.280. The van der Waals surface area contributed by atoms with Gasteiger partial charge in [0.05, 0.1) is 11.5 Å². The van der Waals surface area contributed by atoms with Gasteiger partial charge < -0.3 is 0 Å². The van der Waals surface area contributed by atoms with Gasteiger partial charge in [-0.1, -0.05) is 17.7 Å². The number of hydrogen-bond donors (Lipinski definition) is 0. The summed E-state index contributed by atoms with van der Waals surface area (Å²) >= 11 is 5.91. The minimum absolute atomic E-state index is 0.362. The third-order valence-corrected chi connectivity index (χ3v) is 3.18. The lowest BCUT2D eigenvalue weighted by atomic mass is 9.65. The second-order valence-corrected chi connectivity index (χ2v) is 4.05. The smallest absolute Gasteiger partial charge is 0.129 e. The molecule has 1 aliphatic carbocycles. The van der Waals surface area contributed by atoms with Crippen LogP contribution in [0.3, 0.4) is 0 Å². The van der Waals surface area contributed by atoms with Gasteiger partial charge in [-0.15, -0.1) is 0 Å². The van der Waals surface area contributed by atoms with Crippen molar-refractivity contribution in [3.63, 3.8) is 0 Å². The molecule has 1 aromatic rings. The quantitative estimate of drug-likeness (QED) is 0.695. The van der Waals surface area contributed by atoms with Crippen molar-refractivity contribution < 1.29 is 4.39 Å². The van der Waals surface area contributed by atoms with Crippen LogP contribution in [-0.4, -0.2) is 0 Å². The van der Waals surface area contributed by atoms with E-state index in [-0.39, 0.29) is 5.82 Å². The second-order valence-electron chi connectivity index (χ2n) is 3.64. The first kappa shape index (κ1) is 9.48. The molecule has 0 atom stereocenters. The van der Waals surface area contributed by atoms with Crippen molar-refractivity contribution in [3.05, 3.63) is 34.6 Å². The van der Waals surface area contributed by atoms with E-state index in [2.05, 4.69) is 6.07 Å². The Bertz CT molecular complexity index is 384. The molecular formula is C11H9ClFN. The van der Waals surface area contributed by atoms with Crippen molar-refractivity contribution in [1.29, 1.82) is 5.26 Å². The van der Waals surface area contributed by atoms with Gasteiger partial charge in [0.2, 0.25) is 0 Å². The standard InChI is InChI=1S/C11H9ClFN/c12-8-3-1-4-9(13)10(8)11(7-14)5-2-6-11/h1,3-4H,2,5-6H2. The Balaban J connectivity index is 2.56. The highest BCUT2D eigenvalue weighted by atomic mass is 35.5. The van der Waals surface area contributed by atoms with Crippen molar-refractivity contribution in [2.24, 2.45) is 0 Å². The monoisotopic (exact) mass is 209 g/mol. The number of nitriles is 1. The fourth-order valence-electron chi connectivity index (χ4n) is 1.90. The molecule has 0 unspecified atom stereocenters. The van der Waals surface area contributed by atoms with Crippen LogP contribution in [0.1, 0.15) is 24.8 Å². The summed E-state index contributed by atoms with van der Waals surface area (Å²) in [7, 11) is 0. The maximum Gasteiger partial charge on any atom is 0.129 e. The fourth-order valence-corrected chi connectivity index (χ4v) is 2.25. The molecule has 0 N–H and O–H groups in total. The molecule has 72 valence electrons. The third-order valence-electron chi connectivity index (χ3n) is 2.86. The van der Waals surface area contributed by atoms with Gasteiger partial charge in [0.15, 0.2) is 0 Å². The summed E-state index contributed by atoms with van der Waals surface area (Å²) in [6, 6.07) is 6.74. The first-order valence-corrected chi connectivity index (χ1v) is 4.93. The summed E-state index contributed by atoms with van der Waals surface area (Å²) in [6.45, 7) is 0. The Hall–Kier alpha value is -1.07. The number of rotatable bonds is 1. The average Bonchev–Trinajstić information content (AvgIpc) is 2.08. The first-order valence-electron chi connectivity index (χ1n) is 4.55. The van der Waals surface area contributed by atoms with Gasteiger partial charge in [0.25, 0.3) is 0 Å². The van der Waals surface area contributed by atoms with Gasteiger partial charge in [0, 0.05) is 10.6 Å². The Kier molecular flexibility index (Phi) is 2.20. The molecule has 0 spiro atoms. The molecule has 1 aliphatic rings. The minimum atomic E-state index is -0.664. The van der Waals surface area contributed by atoms with Crippen molar-refractivity contribution in [1.82, 2.24) is 0 Å². The van der Waals surface area contributed by atoms with E-state index in [1.807, 2.05) is 0 Å². The predicted octanol–water partition coefficient (Wildman–Crippen LogP) is 3.42. The Morgan fingerprint density at radius 1 is 1.43 bits per heavy atom. The molecule has 1 aromatic carbocycles. The molecule has 0 amide bonds. The van der Waals surface area contributed by atoms with Gasteiger partial charge in [-0.25, -0.2) is 4.39 Å². The van der Waals surface area contributed by atoms with Crippen LogP contribution in [0.5, 0.6) is 0 Å². The highest BCUT2D eigenvalue weighted by molar-refractivity contribution is 6.31. The van der Waals surface area contributed by atoms with Crippen molar-refractivity contribution >= 4 is 11.6 Å². The van der Waals surface area contributed by atoms with E-state index in [4.69, 9.17) is 16.9 Å². The molecule has 0 bridgehead atoms. The zero-order valence-electron chi connectivity index (χ0n) is 7.56. The van der Waals surface area contributed by atoms with Gasteiger partial charge in [-0.3, -0.25) is 0 Å². The summed E-state index contributed by atoms with van der Waals surface area (Å²) in [4.78, 5) is 0. The zero-order valence-corrected chi connectivity index (χ0v) is 8.31. The molecule has 1 fully saturated rings.